The number of carbonyl (C=O) groups is 1. The number of methoxy groups -OCH3 is 2. The molecular formula is C27H28N4O4S. The number of benzene rings is 2. The van der Waals surface area contributed by atoms with Crippen LogP contribution in [0.15, 0.2) is 54.1 Å². The van der Waals surface area contributed by atoms with Crippen LogP contribution in [0.3, 0.4) is 0 Å². The van der Waals surface area contributed by atoms with Gasteiger partial charge in [0.15, 0.2) is 16.6 Å². The molecule has 9 heteroatoms. The third-order valence-corrected chi connectivity index (χ3v) is 6.82. The standard InChI is InChI=1S/C27H28N4O4S/c1-33-22-9-8-19(16-23(22)34-2)10-11-29-26(32)21(18-28)17-24-25(20-6-4-3-5-7-20)30-27(36-24)31-12-14-35-15-13-31/h3-9,16-17H,10-15H2,1-2H3,(H,29,32)/b21-17-. The number of aromatic nitrogens is 1. The Morgan fingerprint density at radius 1 is 1.17 bits per heavy atom. The first-order valence-corrected chi connectivity index (χ1v) is 12.4. The van der Waals surface area contributed by atoms with Crippen LogP contribution in [0.2, 0.25) is 0 Å². The molecule has 0 radical (unpaired) electrons. The van der Waals surface area contributed by atoms with Crippen LogP contribution in [-0.4, -0.2) is 58.0 Å². The fourth-order valence-corrected chi connectivity index (χ4v) is 4.92. The average molecular weight is 505 g/mol. The Kier molecular flexibility index (Phi) is 8.55. The van der Waals surface area contributed by atoms with Crippen molar-refractivity contribution in [2.75, 3.05) is 52.0 Å². The Morgan fingerprint density at radius 3 is 2.61 bits per heavy atom. The fraction of sp³-hybridized carbons (Fsp3) is 0.296. The maximum atomic E-state index is 12.9. The molecule has 1 amide bonds. The molecule has 186 valence electrons. The smallest absolute Gasteiger partial charge is 0.261 e. The van der Waals surface area contributed by atoms with Crippen molar-refractivity contribution in [2.45, 2.75) is 6.42 Å². The van der Waals surface area contributed by atoms with Gasteiger partial charge in [0.1, 0.15) is 11.6 Å². The monoisotopic (exact) mass is 504 g/mol. The minimum absolute atomic E-state index is 0.0386. The summed E-state index contributed by atoms with van der Waals surface area (Å²) in [5.41, 5.74) is 2.72. The van der Waals surface area contributed by atoms with Crippen LogP contribution in [0, 0.1) is 11.3 Å². The molecule has 0 saturated carbocycles. The molecular weight excluding hydrogens is 476 g/mol. The summed E-state index contributed by atoms with van der Waals surface area (Å²) < 4.78 is 16.1. The minimum atomic E-state index is -0.418. The zero-order valence-electron chi connectivity index (χ0n) is 20.3. The summed E-state index contributed by atoms with van der Waals surface area (Å²) in [6, 6.07) is 17.5. The van der Waals surface area contributed by atoms with Gasteiger partial charge in [0.2, 0.25) is 0 Å². The first-order valence-electron chi connectivity index (χ1n) is 11.6. The van der Waals surface area contributed by atoms with Crippen molar-refractivity contribution < 1.29 is 19.0 Å². The van der Waals surface area contributed by atoms with Gasteiger partial charge in [-0.2, -0.15) is 5.26 Å². The Labute approximate surface area is 214 Å². The van der Waals surface area contributed by atoms with E-state index in [1.165, 1.54) is 11.3 Å². The van der Waals surface area contributed by atoms with Crippen molar-refractivity contribution in [3.63, 3.8) is 0 Å². The second-order valence-corrected chi connectivity index (χ2v) is 9.05. The molecule has 1 fully saturated rings. The molecule has 1 saturated heterocycles. The van der Waals surface area contributed by atoms with Crippen molar-refractivity contribution in [2.24, 2.45) is 0 Å². The highest BCUT2D eigenvalue weighted by molar-refractivity contribution is 7.17. The molecule has 1 N–H and O–H groups in total. The predicted molar refractivity (Wildman–Crippen MR) is 140 cm³/mol. The lowest BCUT2D eigenvalue weighted by Gasteiger charge is -2.26. The van der Waals surface area contributed by atoms with Gasteiger partial charge in [0.05, 0.1) is 38.0 Å². The van der Waals surface area contributed by atoms with Gasteiger partial charge in [-0.25, -0.2) is 4.98 Å². The van der Waals surface area contributed by atoms with Gasteiger partial charge < -0.3 is 24.4 Å². The summed E-state index contributed by atoms with van der Waals surface area (Å²) in [4.78, 5) is 20.7. The van der Waals surface area contributed by atoms with E-state index in [-0.39, 0.29) is 5.57 Å². The molecule has 0 unspecified atom stereocenters. The second kappa shape index (κ2) is 12.2. The lowest BCUT2D eigenvalue weighted by atomic mass is 10.1. The largest absolute Gasteiger partial charge is 0.493 e. The maximum Gasteiger partial charge on any atom is 0.261 e. The van der Waals surface area contributed by atoms with Gasteiger partial charge in [-0.1, -0.05) is 47.7 Å². The maximum absolute atomic E-state index is 12.9. The van der Waals surface area contributed by atoms with Crippen molar-refractivity contribution in [1.82, 2.24) is 10.3 Å². The normalized spacial score (nSPS) is 13.7. The number of amides is 1. The number of rotatable bonds is 9. The lowest BCUT2D eigenvalue weighted by Crippen LogP contribution is -2.36. The van der Waals surface area contributed by atoms with E-state index in [1.807, 2.05) is 48.5 Å². The zero-order chi connectivity index (χ0) is 25.3. The molecule has 1 aliphatic heterocycles. The van der Waals surface area contributed by atoms with E-state index in [0.717, 1.165) is 39.9 Å². The molecule has 2 heterocycles. The fourth-order valence-electron chi connectivity index (χ4n) is 3.84. The van der Waals surface area contributed by atoms with Crippen LogP contribution < -0.4 is 19.7 Å². The van der Waals surface area contributed by atoms with E-state index in [2.05, 4.69) is 16.3 Å². The van der Waals surface area contributed by atoms with Gasteiger partial charge in [-0.15, -0.1) is 0 Å². The number of hydrogen-bond donors (Lipinski definition) is 1. The Balaban J connectivity index is 1.51. The van der Waals surface area contributed by atoms with Gasteiger partial charge >= 0.3 is 0 Å². The predicted octanol–water partition coefficient (Wildman–Crippen LogP) is 3.93. The van der Waals surface area contributed by atoms with Gasteiger partial charge in [0, 0.05) is 25.2 Å². The van der Waals surface area contributed by atoms with Crippen LogP contribution in [-0.2, 0) is 16.0 Å². The van der Waals surface area contributed by atoms with Crippen LogP contribution in [0.5, 0.6) is 11.5 Å². The molecule has 2 aromatic carbocycles. The number of hydrogen-bond acceptors (Lipinski definition) is 8. The first-order chi connectivity index (χ1) is 17.6. The quantitative estimate of drug-likeness (QED) is 0.348. The summed E-state index contributed by atoms with van der Waals surface area (Å²) in [6.07, 6.45) is 2.22. The summed E-state index contributed by atoms with van der Waals surface area (Å²) in [6.45, 7) is 3.19. The highest BCUT2D eigenvalue weighted by Gasteiger charge is 2.20. The second-order valence-electron chi connectivity index (χ2n) is 8.04. The van der Waals surface area contributed by atoms with Crippen molar-refractivity contribution in [3.05, 3.63) is 64.5 Å². The van der Waals surface area contributed by atoms with E-state index in [0.29, 0.717) is 37.7 Å². The van der Waals surface area contributed by atoms with E-state index in [9.17, 15) is 10.1 Å². The van der Waals surface area contributed by atoms with E-state index in [1.54, 1.807) is 20.3 Å². The Morgan fingerprint density at radius 2 is 1.92 bits per heavy atom. The topological polar surface area (TPSA) is 96.7 Å². The van der Waals surface area contributed by atoms with Crippen molar-refractivity contribution in [3.8, 4) is 28.8 Å². The van der Waals surface area contributed by atoms with Gasteiger partial charge in [-0.05, 0) is 30.2 Å². The van der Waals surface area contributed by atoms with E-state index in [4.69, 9.17) is 19.2 Å². The molecule has 36 heavy (non-hydrogen) atoms. The summed E-state index contributed by atoms with van der Waals surface area (Å²) in [5, 5.41) is 13.5. The van der Waals surface area contributed by atoms with E-state index >= 15 is 0 Å². The third-order valence-electron chi connectivity index (χ3n) is 5.76. The number of nitrogens with one attached hydrogen (secondary N) is 1. The molecule has 0 aliphatic carbocycles. The highest BCUT2D eigenvalue weighted by atomic mass is 32.1. The molecule has 0 bridgehead atoms. The van der Waals surface area contributed by atoms with E-state index < -0.39 is 5.91 Å². The number of nitriles is 1. The first kappa shape index (κ1) is 25.2. The molecule has 8 nitrogen and oxygen atoms in total. The summed E-state index contributed by atoms with van der Waals surface area (Å²) >= 11 is 1.48. The molecule has 3 aromatic rings. The molecule has 0 atom stereocenters. The minimum Gasteiger partial charge on any atom is -0.493 e. The number of nitrogens with zero attached hydrogens (tertiary/aromatic N) is 3. The number of carbonyl (C=O) groups excluding carboxylic acids is 1. The highest BCUT2D eigenvalue weighted by Crippen LogP contribution is 2.35. The van der Waals surface area contributed by atoms with Crippen LogP contribution in [0.25, 0.3) is 17.3 Å². The molecule has 4 rings (SSSR count). The van der Waals surface area contributed by atoms with Gasteiger partial charge in [-0.3, -0.25) is 4.79 Å². The van der Waals surface area contributed by atoms with Crippen molar-refractivity contribution >= 4 is 28.5 Å². The Bertz CT molecular complexity index is 1260. The van der Waals surface area contributed by atoms with Crippen LogP contribution in [0.1, 0.15) is 10.4 Å². The van der Waals surface area contributed by atoms with Gasteiger partial charge in [0.25, 0.3) is 5.91 Å². The Hall–Kier alpha value is -3.87. The third kappa shape index (κ3) is 6.03. The number of morpholine rings is 1. The molecule has 1 aliphatic rings. The SMILES string of the molecule is COc1ccc(CCNC(=O)/C(C#N)=C\c2sc(N3CCOCC3)nc2-c2ccccc2)cc1OC. The summed E-state index contributed by atoms with van der Waals surface area (Å²) in [5.74, 6) is 0.863. The number of anilines is 1. The number of thiazole rings is 1. The molecule has 1 aromatic heterocycles. The number of ether oxygens (including phenoxy) is 3. The van der Waals surface area contributed by atoms with Crippen molar-refractivity contribution in [1.29, 1.82) is 5.26 Å². The lowest BCUT2D eigenvalue weighted by molar-refractivity contribution is -0.117. The van der Waals surface area contributed by atoms with Crippen LogP contribution >= 0.6 is 11.3 Å². The zero-order valence-corrected chi connectivity index (χ0v) is 21.1. The summed E-state index contributed by atoms with van der Waals surface area (Å²) in [7, 11) is 3.17. The van der Waals surface area contributed by atoms with Crippen LogP contribution in [0.4, 0.5) is 5.13 Å². The average Bonchev–Trinajstić information content (AvgIpc) is 3.36. The molecule has 0 spiro atoms.